The maximum absolute atomic E-state index is 11.7. The number of nitrogens with one attached hydrogen (secondary N) is 1. The maximum Gasteiger partial charge on any atom is 0.408 e. The summed E-state index contributed by atoms with van der Waals surface area (Å²) in [6, 6.07) is 1.12. The van der Waals surface area contributed by atoms with E-state index in [9.17, 15) is 9.59 Å². The van der Waals surface area contributed by atoms with E-state index in [4.69, 9.17) is 9.47 Å². The van der Waals surface area contributed by atoms with Crippen LogP contribution in [0, 0.1) is 0 Å². The number of esters is 1. The topological polar surface area (TPSA) is 64.6 Å². The van der Waals surface area contributed by atoms with Gasteiger partial charge >= 0.3 is 12.1 Å². The molecule has 0 fully saturated rings. The maximum atomic E-state index is 11.7. The number of hydrogen-bond acceptors (Lipinski definition) is 5. The third-order valence-corrected chi connectivity index (χ3v) is 3.64. The first-order valence-corrected chi connectivity index (χ1v) is 7.74. The molecule has 1 heterocycles. The number of carbonyl (C=O) groups is 2. The predicted octanol–water partition coefficient (Wildman–Crippen LogP) is 3.47. The quantitative estimate of drug-likeness (QED) is 0.831. The number of carbonyl (C=O) groups excluding carboxylic acids is 2. The number of ether oxygens (including phenoxy) is 2. The zero-order valence-corrected chi connectivity index (χ0v) is 14.3. The van der Waals surface area contributed by atoms with Crippen LogP contribution in [0.25, 0.3) is 0 Å². The fourth-order valence-electron chi connectivity index (χ4n) is 1.24. The molecule has 5 nitrogen and oxygen atoms in total. The Bertz CT molecular complexity index is 481. The summed E-state index contributed by atoms with van der Waals surface area (Å²) in [5.41, 5.74) is 0.302. The lowest BCUT2D eigenvalue weighted by Crippen LogP contribution is -2.42. The SMILES string of the molecule is CC(NC(=O)OC(C)(C)C)C(=O)OCc1csc(Br)c1. The van der Waals surface area contributed by atoms with E-state index in [-0.39, 0.29) is 6.61 Å². The molecule has 0 bridgehead atoms. The third kappa shape index (κ3) is 6.38. The average Bonchev–Trinajstić information content (AvgIpc) is 2.69. The minimum Gasteiger partial charge on any atom is -0.459 e. The highest BCUT2D eigenvalue weighted by molar-refractivity contribution is 9.11. The summed E-state index contributed by atoms with van der Waals surface area (Å²) in [5, 5.41) is 4.33. The van der Waals surface area contributed by atoms with Crippen LogP contribution in [0.4, 0.5) is 4.79 Å². The van der Waals surface area contributed by atoms with Crippen molar-refractivity contribution in [3.8, 4) is 0 Å². The van der Waals surface area contributed by atoms with E-state index in [2.05, 4.69) is 21.2 Å². The van der Waals surface area contributed by atoms with Gasteiger partial charge < -0.3 is 14.8 Å². The second kappa shape index (κ2) is 7.08. The molecule has 7 heteroatoms. The molecule has 112 valence electrons. The van der Waals surface area contributed by atoms with Crippen LogP contribution in [-0.4, -0.2) is 23.7 Å². The van der Waals surface area contributed by atoms with Crippen molar-refractivity contribution in [1.82, 2.24) is 5.32 Å². The number of alkyl carbamates (subject to hydrolysis) is 1. The smallest absolute Gasteiger partial charge is 0.408 e. The van der Waals surface area contributed by atoms with E-state index in [0.29, 0.717) is 0 Å². The lowest BCUT2D eigenvalue weighted by molar-refractivity contribution is -0.147. The van der Waals surface area contributed by atoms with Gasteiger partial charge in [-0.25, -0.2) is 9.59 Å². The van der Waals surface area contributed by atoms with Gasteiger partial charge in [0.2, 0.25) is 0 Å². The Labute approximate surface area is 130 Å². The Hall–Kier alpha value is -1.08. The van der Waals surface area contributed by atoms with Crippen molar-refractivity contribution in [2.75, 3.05) is 0 Å². The van der Waals surface area contributed by atoms with Gasteiger partial charge in [-0.2, -0.15) is 0 Å². The van der Waals surface area contributed by atoms with Crippen molar-refractivity contribution in [2.24, 2.45) is 0 Å². The molecule has 1 amide bonds. The molecule has 20 heavy (non-hydrogen) atoms. The van der Waals surface area contributed by atoms with E-state index in [1.807, 2.05) is 11.4 Å². The van der Waals surface area contributed by atoms with E-state index < -0.39 is 23.7 Å². The van der Waals surface area contributed by atoms with Crippen LogP contribution in [0.15, 0.2) is 15.2 Å². The molecule has 0 aliphatic heterocycles. The number of amides is 1. The third-order valence-electron chi connectivity index (χ3n) is 2.09. The summed E-state index contributed by atoms with van der Waals surface area (Å²) >= 11 is 4.85. The van der Waals surface area contributed by atoms with Crippen molar-refractivity contribution < 1.29 is 19.1 Å². The Kier molecular flexibility index (Phi) is 6.01. The standard InChI is InChI=1S/C13H18BrNO4S/c1-8(15-12(17)19-13(2,3)4)11(16)18-6-9-5-10(14)20-7-9/h5,7-8H,6H2,1-4H3,(H,15,17). The lowest BCUT2D eigenvalue weighted by Gasteiger charge is -2.21. The number of rotatable bonds is 4. The van der Waals surface area contributed by atoms with Crippen LogP contribution in [0.2, 0.25) is 0 Å². The monoisotopic (exact) mass is 363 g/mol. The molecule has 1 atom stereocenters. The Morgan fingerprint density at radius 1 is 1.45 bits per heavy atom. The fraction of sp³-hybridized carbons (Fsp3) is 0.538. The van der Waals surface area contributed by atoms with Gasteiger partial charge in [-0.15, -0.1) is 11.3 Å². The second-order valence-corrected chi connectivity index (χ2v) is 7.53. The highest BCUT2D eigenvalue weighted by atomic mass is 79.9. The summed E-state index contributed by atoms with van der Waals surface area (Å²) in [7, 11) is 0. The largest absolute Gasteiger partial charge is 0.459 e. The molecule has 1 rings (SSSR count). The van der Waals surface area contributed by atoms with E-state index in [1.54, 1.807) is 27.7 Å². The molecule has 0 radical (unpaired) electrons. The van der Waals surface area contributed by atoms with Crippen molar-refractivity contribution in [1.29, 1.82) is 0 Å². The Balaban J connectivity index is 2.37. The van der Waals surface area contributed by atoms with Gasteiger partial charge in [0.1, 0.15) is 18.2 Å². The van der Waals surface area contributed by atoms with E-state index in [0.717, 1.165) is 9.35 Å². The highest BCUT2D eigenvalue weighted by Gasteiger charge is 2.21. The summed E-state index contributed by atoms with van der Waals surface area (Å²) in [6.07, 6.45) is -0.639. The minimum atomic E-state index is -0.757. The summed E-state index contributed by atoms with van der Waals surface area (Å²) < 4.78 is 11.1. The van der Waals surface area contributed by atoms with Gasteiger partial charge in [-0.3, -0.25) is 0 Å². The van der Waals surface area contributed by atoms with Crippen LogP contribution in [-0.2, 0) is 20.9 Å². The molecule has 0 saturated carbocycles. The number of hydrogen-bond donors (Lipinski definition) is 1. The van der Waals surface area contributed by atoms with Crippen molar-refractivity contribution in [2.45, 2.75) is 45.9 Å². The molecule has 0 aliphatic rings. The molecule has 1 aromatic heterocycles. The Morgan fingerprint density at radius 2 is 2.10 bits per heavy atom. The second-order valence-electron chi connectivity index (χ2n) is 5.23. The molecule has 1 N–H and O–H groups in total. The zero-order valence-electron chi connectivity index (χ0n) is 11.9. The minimum absolute atomic E-state index is 0.182. The van der Waals surface area contributed by atoms with Crippen LogP contribution < -0.4 is 5.32 Å². The van der Waals surface area contributed by atoms with Crippen LogP contribution >= 0.6 is 27.3 Å². The van der Waals surface area contributed by atoms with Crippen molar-refractivity contribution in [3.63, 3.8) is 0 Å². The van der Waals surface area contributed by atoms with Gasteiger partial charge in [0.05, 0.1) is 3.79 Å². The lowest BCUT2D eigenvalue weighted by atomic mass is 10.2. The number of halogens is 1. The van der Waals surface area contributed by atoms with Crippen molar-refractivity contribution in [3.05, 3.63) is 20.8 Å². The normalized spacial score (nSPS) is 12.7. The molecule has 1 unspecified atom stereocenters. The summed E-state index contributed by atoms with van der Waals surface area (Å²) in [5.74, 6) is -0.502. The molecule has 0 spiro atoms. The first-order valence-electron chi connectivity index (χ1n) is 6.06. The molecule has 0 aliphatic carbocycles. The van der Waals surface area contributed by atoms with Gasteiger partial charge in [0, 0.05) is 5.56 Å². The Morgan fingerprint density at radius 3 is 2.60 bits per heavy atom. The average molecular weight is 364 g/mol. The van der Waals surface area contributed by atoms with E-state index in [1.165, 1.54) is 11.3 Å². The first-order chi connectivity index (χ1) is 9.17. The summed E-state index contributed by atoms with van der Waals surface area (Å²) in [6.45, 7) is 7.00. The summed E-state index contributed by atoms with van der Waals surface area (Å²) in [4.78, 5) is 23.2. The van der Waals surface area contributed by atoms with Crippen LogP contribution in [0.1, 0.15) is 33.3 Å². The molecular weight excluding hydrogens is 346 g/mol. The molecule has 0 saturated heterocycles. The van der Waals surface area contributed by atoms with Crippen LogP contribution in [0.5, 0.6) is 0 Å². The van der Waals surface area contributed by atoms with Crippen molar-refractivity contribution >= 4 is 39.3 Å². The highest BCUT2D eigenvalue weighted by Crippen LogP contribution is 2.21. The van der Waals surface area contributed by atoms with Gasteiger partial charge in [-0.05, 0) is 55.1 Å². The fourth-order valence-corrected chi connectivity index (χ4v) is 2.44. The molecule has 1 aromatic rings. The molecule has 0 aromatic carbocycles. The van der Waals surface area contributed by atoms with Gasteiger partial charge in [0.15, 0.2) is 0 Å². The number of thiophene rings is 1. The van der Waals surface area contributed by atoms with Crippen LogP contribution in [0.3, 0.4) is 0 Å². The predicted molar refractivity (Wildman–Crippen MR) is 80.6 cm³/mol. The van der Waals surface area contributed by atoms with Gasteiger partial charge in [-0.1, -0.05) is 0 Å². The molecular formula is C13H18BrNO4S. The zero-order chi connectivity index (χ0) is 15.3. The van der Waals surface area contributed by atoms with E-state index >= 15 is 0 Å². The first kappa shape index (κ1) is 17.0. The van der Waals surface area contributed by atoms with Gasteiger partial charge in [0.25, 0.3) is 0 Å².